The Morgan fingerprint density at radius 3 is 3.00 bits per heavy atom. The van der Waals surface area contributed by atoms with Crippen LogP contribution in [0.5, 0.6) is 0 Å². The highest BCUT2D eigenvalue weighted by atomic mass is 32.1. The zero-order valence-electron chi connectivity index (χ0n) is 16.3. The van der Waals surface area contributed by atoms with E-state index in [1.807, 2.05) is 37.3 Å². The smallest absolute Gasteiger partial charge is 0.262 e. The molecule has 0 radical (unpaired) electrons. The van der Waals surface area contributed by atoms with E-state index in [1.165, 1.54) is 10.4 Å². The number of ether oxygens (including phenoxy) is 1. The Morgan fingerprint density at radius 1 is 1.32 bits per heavy atom. The van der Waals surface area contributed by atoms with Crippen LogP contribution in [0.1, 0.15) is 35.8 Å². The highest BCUT2D eigenvalue weighted by Gasteiger charge is 2.24. The predicted molar refractivity (Wildman–Crippen MR) is 114 cm³/mol. The van der Waals surface area contributed by atoms with Crippen molar-refractivity contribution in [3.8, 4) is 0 Å². The molecular formula is C22H27N3O2S. The van der Waals surface area contributed by atoms with E-state index in [-0.39, 0.29) is 5.56 Å². The Bertz CT molecular complexity index is 981. The summed E-state index contributed by atoms with van der Waals surface area (Å²) in [5, 5.41) is 4.49. The molecule has 1 aromatic carbocycles. The van der Waals surface area contributed by atoms with E-state index >= 15 is 0 Å². The summed E-state index contributed by atoms with van der Waals surface area (Å²) in [6.45, 7) is 5.17. The third-order valence-corrected chi connectivity index (χ3v) is 6.50. The van der Waals surface area contributed by atoms with E-state index in [9.17, 15) is 4.79 Å². The number of hydrogen-bond donors (Lipinski definition) is 1. The van der Waals surface area contributed by atoms with Crippen molar-refractivity contribution in [1.29, 1.82) is 0 Å². The molecule has 28 heavy (non-hydrogen) atoms. The number of benzene rings is 1. The van der Waals surface area contributed by atoms with Gasteiger partial charge in [-0.3, -0.25) is 9.36 Å². The molecule has 5 nitrogen and oxygen atoms in total. The monoisotopic (exact) mass is 397 g/mol. The predicted octanol–water partition coefficient (Wildman–Crippen LogP) is 3.38. The second-order valence-corrected chi connectivity index (χ2v) is 8.38. The number of nitrogens with one attached hydrogen (secondary N) is 1. The van der Waals surface area contributed by atoms with Crippen molar-refractivity contribution >= 4 is 21.6 Å². The van der Waals surface area contributed by atoms with Gasteiger partial charge in [0.25, 0.3) is 5.56 Å². The first-order valence-corrected chi connectivity index (χ1v) is 10.9. The van der Waals surface area contributed by atoms with Gasteiger partial charge < -0.3 is 10.1 Å². The lowest BCUT2D eigenvalue weighted by atomic mass is 9.93. The average Bonchev–Trinajstić information content (AvgIpc) is 3.09. The van der Waals surface area contributed by atoms with Crippen molar-refractivity contribution in [3.05, 3.63) is 63.0 Å². The van der Waals surface area contributed by atoms with Gasteiger partial charge in [-0.15, -0.1) is 11.3 Å². The molecule has 148 valence electrons. The van der Waals surface area contributed by atoms with Gasteiger partial charge in [0, 0.05) is 24.1 Å². The maximum atomic E-state index is 13.1. The van der Waals surface area contributed by atoms with Crippen LogP contribution in [-0.2, 0) is 24.1 Å². The molecular weight excluding hydrogens is 370 g/mol. The molecule has 6 heteroatoms. The van der Waals surface area contributed by atoms with Crippen LogP contribution in [0.2, 0.25) is 0 Å². The van der Waals surface area contributed by atoms with Crippen LogP contribution in [0.3, 0.4) is 0 Å². The molecule has 0 bridgehead atoms. The summed E-state index contributed by atoms with van der Waals surface area (Å²) in [4.78, 5) is 19.9. The maximum absolute atomic E-state index is 13.1. The fourth-order valence-corrected chi connectivity index (χ4v) is 5.15. The Labute approximate surface area is 169 Å². The zero-order chi connectivity index (χ0) is 19.3. The van der Waals surface area contributed by atoms with E-state index in [2.05, 4.69) is 10.3 Å². The van der Waals surface area contributed by atoms with E-state index in [0.717, 1.165) is 61.2 Å². The molecule has 0 spiro atoms. The Balaban J connectivity index is 1.50. The van der Waals surface area contributed by atoms with Crippen LogP contribution in [0.4, 0.5) is 0 Å². The van der Waals surface area contributed by atoms with Gasteiger partial charge in [0.05, 0.1) is 18.3 Å². The first kappa shape index (κ1) is 19.3. The number of rotatable bonds is 8. The summed E-state index contributed by atoms with van der Waals surface area (Å²) >= 11 is 1.69. The fraction of sp³-hybridized carbons (Fsp3) is 0.455. The van der Waals surface area contributed by atoms with Crippen molar-refractivity contribution in [2.75, 3.05) is 19.8 Å². The molecule has 2 aromatic heterocycles. The van der Waals surface area contributed by atoms with Crippen LogP contribution >= 0.6 is 11.3 Å². The van der Waals surface area contributed by atoms with Gasteiger partial charge in [-0.2, -0.15) is 0 Å². The van der Waals surface area contributed by atoms with Gasteiger partial charge in [-0.1, -0.05) is 30.3 Å². The number of thiophene rings is 1. The Kier molecular flexibility index (Phi) is 6.20. The largest absolute Gasteiger partial charge is 0.382 e. The second kappa shape index (κ2) is 8.99. The lowest BCUT2D eigenvalue weighted by Crippen LogP contribution is -2.35. The van der Waals surface area contributed by atoms with E-state index < -0.39 is 0 Å². The van der Waals surface area contributed by atoms with E-state index in [1.54, 1.807) is 22.2 Å². The number of aryl methyl sites for hydroxylation is 1. The van der Waals surface area contributed by atoms with E-state index in [4.69, 9.17) is 4.74 Å². The fourth-order valence-electron chi connectivity index (χ4n) is 3.89. The molecule has 1 atom stereocenters. The highest BCUT2D eigenvalue weighted by Crippen LogP contribution is 2.33. The Hall–Kier alpha value is -2.02. The minimum Gasteiger partial charge on any atom is -0.382 e. The van der Waals surface area contributed by atoms with Gasteiger partial charge in [0.15, 0.2) is 0 Å². The average molecular weight is 398 g/mol. The number of hydrogen-bond acceptors (Lipinski definition) is 5. The SMILES string of the molecule is CCOCCCNC1CCc2c(sc3ncn(Cc4ccccc4)c(=O)c23)C1. The maximum Gasteiger partial charge on any atom is 0.262 e. The lowest BCUT2D eigenvalue weighted by molar-refractivity contribution is 0.144. The minimum absolute atomic E-state index is 0.0921. The topological polar surface area (TPSA) is 56.1 Å². The molecule has 4 rings (SSSR count). The first-order valence-electron chi connectivity index (χ1n) is 10.1. The molecule has 1 aliphatic carbocycles. The Morgan fingerprint density at radius 2 is 2.18 bits per heavy atom. The van der Waals surface area contributed by atoms with Gasteiger partial charge >= 0.3 is 0 Å². The quantitative estimate of drug-likeness (QED) is 0.592. The lowest BCUT2D eigenvalue weighted by Gasteiger charge is -2.23. The molecule has 0 fully saturated rings. The van der Waals surface area contributed by atoms with Crippen molar-refractivity contribution in [3.63, 3.8) is 0 Å². The zero-order valence-corrected chi connectivity index (χ0v) is 17.1. The third-order valence-electron chi connectivity index (χ3n) is 5.33. The minimum atomic E-state index is 0.0921. The first-order chi connectivity index (χ1) is 13.8. The van der Waals surface area contributed by atoms with Gasteiger partial charge in [0.2, 0.25) is 0 Å². The molecule has 0 saturated heterocycles. The molecule has 3 aromatic rings. The summed E-state index contributed by atoms with van der Waals surface area (Å²) in [5.41, 5.74) is 2.44. The van der Waals surface area contributed by atoms with Crippen LogP contribution in [0.25, 0.3) is 10.2 Å². The standard InChI is InChI=1S/C22H27N3O2S/c1-2-27-12-6-11-23-17-9-10-18-19(13-17)28-21-20(18)22(26)25(15-24-21)14-16-7-4-3-5-8-16/h3-5,7-8,15,17,23H,2,6,9-14H2,1H3. The van der Waals surface area contributed by atoms with Crippen molar-refractivity contribution in [1.82, 2.24) is 14.9 Å². The molecule has 2 heterocycles. The van der Waals surface area contributed by atoms with Gasteiger partial charge in [-0.25, -0.2) is 4.98 Å². The summed E-state index contributed by atoms with van der Waals surface area (Å²) in [7, 11) is 0. The van der Waals surface area contributed by atoms with Crippen molar-refractivity contribution in [2.45, 2.75) is 45.2 Å². The normalized spacial score (nSPS) is 16.4. The summed E-state index contributed by atoms with van der Waals surface area (Å²) in [5.74, 6) is 0. The number of nitrogens with zero attached hydrogens (tertiary/aromatic N) is 2. The number of fused-ring (bicyclic) bond motifs is 3. The van der Waals surface area contributed by atoms with Gasteiger partial charge in [0.1, 0.15) is 4.83 Å². The van der Waals surface area contributed by atoms with Crippen molar-refractivity contribution in [2.24, 2.45) is 0 Å². The van der Waals surface area contributed by atoms with Crippen LogP contribution in [0, 0.1) is 0 Å². The molecule has 0 saturated carbocycles. The van der Waals surface area contributed by atoms with Crippen LogP contribution in [-0.4, -0.2) is 35.4 Å². The highest BCUT2D eigenvalue weighted by molar-refractivity contribution is 7.18. The molecule has 1 unspecified atom stereocenters. The van der Waals surface area contributed by atoms with Crippen LogP contribution < -0.4 is 10.9 Å². The van der Waals surface area contributed by atoms with Crippen molar-refractivity contribution < 1.29 is 4.74 Å². The van der Waals surface area contributed by atoms with Gasteiger partial charge in [-0.05, 0) is 50.3 Å². The molecule has 1 N–H and O–H groups in total. The molecule has 0 aliphatic heterocycles. The molecule has 0 amide bonds. The molecule has 1 aliphatic rings. The summed E-state index contributed by atoms with van der Waals surface area (Å²) in [6.07, 6.45) is 5.74. The second-order valence-electron chi connectivity index (χ2n) is 7.29. The number of aromatic nitrogens is 2. The van der Waals surface area contributed by atoms with E-state index in [0.29, 0.717) is 12.6 Å². The third kappa shape index (κ3) is 4.19. The summed E-state index contributed by atoms with van der Waals surface area (Å²) < 4.78 is 7.14. The summed E-state index contributed by atoms with van der Waals surface area (Å²) in [6, 6.07) is 10.6. The van der Waals surface area contributed by atoms with Crippen LogP contribution in [0.15, 0.2) is 41.5 Å².